The van der Waals surface area contributed by atoms with Crippen LogP contribution in [0.5, 0.6) is 0 Å². The normalized spacial score (nSPS) is 19.6. The van der Waals surface area contributed by atoms with Gasteiger partial charge in [-0.3, -0.25) is 14.4 Å². The minimum absolute atomic E-state index is 0.0322. The minimum Gasteiger partial charge on any atom is -0.326 e. The molecule has 6 nitrogen and oxygen atoms in total. The molecule has 0 aromatic heterocycles. The van der Waals surface area contributed by atoms with Gasteiger partial charge >= 0.3 is 0 Å². The summed E-state index contributed by atoms with van der Waals surface area (Å²) in [6.07, 6.45) is 2.43. The molecule has 0 bridgehead atoms. The highest BCUT2D eigenvalue weighted by molar-refractivity contribution is 6.04. The van der Waals surface area contributed by atoms with E-state index in [1.54, 1.807) is 35.2 Å². The van der Waals surface area contributed by atoms with Crippen LogP contribution in [-0.4, -0.2) is 30.8 Å². The Labute approximate surface area is 168 Å². The molecule has 2 heterocycles. The zero-order valence-corrected chi connectivity index (χ0v) is 15.9. The number of benzene rings is 2. The summed E-state index contributed by atoms with van der Waals surface area (Å²) in [4.78, 5) is 40.2. The first-order valence-corrected chi connectivity index (χ1v) is 9.79. The van der Waals surface area contributed by atoms with Gasteiger partial charge in [-0.15, -0.1) is 0 Å². The van der Waals surface area contributed by atoms with Gasteiger partial charge in [-0.1, -0.05) is 18.2 Å². The number of carbonyl (C=O) groups excluding carboxylic acids is 3. The average molecular weight is 395 g/mol. The standard InChI is InChI=1S/C22H22FN3O3/c23-18-8-1-2-9-19(18)26-14-15(12-21(26)28)22(29)24-16-6-5-7-17(13-16)25-11-4-3-10-20(25)27/h1-2,5-9,13,15H,3-4,10-12,14H2,(H,24,29). The van der Waals surface area contributed by atoms with E-state index in [4.69, 9.17) is 0 Å². The summed E-state index contributed by atoms with van der Waals surface area (Å²) in [6.45, 7) is 0.806. The Kier molecular flexibility index (Phi) is 5.29. The van der Waals surface area contributed by atoms with E-state index in [2.05, 4.69) is 5.32 Å². The van der Waals surface area contributed by atoms with Crippen molar-refractivity contribution in [1.29, 1.82) is 0 Å². The molecule has 29 heavy (non-hydrogen) atoms. The van der Waals surface area contributed by atoms with Gasteiger partial charge < -0.3 is 15.1 Å². The Bertz CT molecular complexity index is 962. The third-order valence-corrected chi connectivity index (χ3v) is 5.39. The van der Waals surface area contributed by atoms with E-state index in [-0.39, 0.29) is 36.4 Å². The SMILES string of the molecule is O=C(Nc1cccc(N2CCCCC2=O)c1)C1CC(=O)N(c2ccccc2F)C1. The van der Waals surface area contributed by atoms with Crippen LogP contribution in [0.25, 0.3) is 0 Å². The molecule has 3 amide bonds. The quantitative estimate of drug-likeness (QED) is 0.863. The summed E-state index contributed by atoms with van der Waals surface area (Å²) in [7, 11) is 0. The van der Waals surface area contributed by atoms with Gasteiger partial charge in [0.25, 0.3) is 0 Å². The highest BCUT2D eigenvalue weighted by atomic mass is 19.1. The Morgan fingerprint density at radius 3 is 2.62 bits per heavy atom. The molecule has 0 aliphatic carbocycles. The van der Waals surface area contributed by atoms with Gasteiger partial charge in [0.2, 0.25) is 17.7 Å². The summed E-state index contributed by atoms with van der Waals surface area (Å²) in [5, 5.41) is 2.84. The van der Waals surface area contributed by atoms with Crippen LogP contribution >= 0.6 is 0 Å². The first-order chi connectivity index (χ1) is 14.0. The molecule has 1 atom stereocenters. The largest absolute Gasteiger partial charge is 0.326 e. The van der Waals surface area contributed by atoms with Crippen molar-refractivity contribution in [2.24, 2.45) is 5.92 Å². The molecule has 7 heteroatoms. The van der Waals surface area contributed by atoms with Crippen LogP contribution in [0.2, 0.25) is 0 Å². The number of amides is 3. The molecule has 2 fully saturated rings. The Hall–Kier alpha value is -3.22. The Morgan fingerprint density at radius 1 is 1.00 bits per heavy atom. The van der Waals surface area contributed by atoms with E-state index in [0.29, 0.717) is 18.7 Å². The van der Waals surface area contributed by atoms with E-state index in [1.807, 2.05) is 6.07 Å². The number of para-hydroxylation sites is 1. The summed E-state index contributed by atoms with van der Waals surface area (Å²) in [6, 6.07) is 13.2. The van der Waals surface area contributed by atoms with Crippen molar-refractivity contribution in [1.82, 2.24) is 0 Å². The molecule has 2 aliphatic heterocycles. The highest BCUT2D eigenvalue weighted by Gasteiger charge is 2.36. The molecule has 0 spiro atoms. The minimum atomic E-state index is -0.567. The summed E-state index contributed by atoms with van der Waals surface area (Å²) < 4.78 is 14.0. The van der Waals surface area contributed by atoms with Gasteiger partial charge in [-0.05, 0) is 43.2 Å². The van der Waals surface area contributed by atoms with Gasteiger partial charge in [-0.2, -0.15) is 0 Å². The second-order valence-electron chi connectivity index (χ2n) is 7.40. The fraction of sp³-hybridized carbons (Fsp3) is 0.318. The molecule has 2 aromatic carbocycles. The van der Waals surface area contributed by atoms with E-state index in [0.717, 1.165) is 18.5 Å². The summed E-state index contributed by atoms with van der Waals surface area (Å²) >= 11 is 0. The molecular weight excluding hydrogens is 373 g/mol. The van der Waals surface area contributed by atoms with Crippen LogP contribution in [0.1, 0.15) is 25.7 Å². The maximum Gasteiger partial charge on any atom is 0.229 e. The zero-order valence-electron chi connectivity index (χ0n) is 15.9. The lowest BCUT2D eigenvalue weighted by molar-refractivity contribution is -0.122. The third kappa shape index (κ3) is 3.99. The highest BCUT2D eigenvalue weighted by Crippen LogP contribution is 2.29. The van der Waals surface area contributed by atoms with Gasteiger partial charge in [0.05, 0.1) is 11.6 Å². The molecule has 0 saturated carbocycles. The van der Waals surface area contributed by atoms with Gasteiger partial charge in [0.15, 0.2) is 0 Å². The number of carbonyl (C=O) groups is 3. The maximum atomic E-state index is 14.0. The molecule has 1 N–H and O–H groups in total. The molecule has 1 unspecified atom stereocenters. The summed E-state index contributed by atoms with van der Waals surface area (Å²) in [5.74, 6) is -1.54. The molecule has 2 saturated heterocycles. The van der Waals surface area contributed by atoms with Gasteiger partial charge in [-0.25, -0.2) is 4.39 Å². The van der Waals surface area contributed by atoms with Crippen molar-refractivity contribution in [3.8, 4) is 0 Å². The number of nitrogens with one attached hydrogen (secondary N) is 1. The molecule has 2 aliphatic rings. The second-order valence-corrected chi connectivity index (χ2v) is 7.40. The predicted octanol–water partition coefficient (Wildman–Crippen LogP) is 3.33. The second kappa shape index (κ2) is 8.03. The number of piperidine rings is 1. The van der Waals surface area contributed by atoms with E-state index < -0.39 is 11.7 Å². The van der Waals surface area contributed by atoms with E-state index >= 15 is 0 Å². The smallest absolute Gasteiger partial charge is 0.229 e. The number of nitrogens with zero attached hydrogens (tertiary/aromatic N) is 2. The van der Waals surface area contributed by atoms with Crippen LogP contribution in [0.4, 0.5) is 21.5 Å². The van der Waals surface area contributed by atoms with Crippen molar-refractivity contribution in [2.45, 2.75) is 25.7 Å². The zero-order chi connectivity index (χ0) is 20.4. The number of halogens is 1. The van der Waals surface area contributed by atoms with Crippen molar-refractivity contribution in [3.63, 3.8) is 0 Å². The van der Waals surface area contributed by atoms with Crippen molar-refractivity contribution < 1.29 is 18.8 Å². The molecule has 2 aromatic rings. The maximum absolute atomic E-state index is 14.0. The number of anilines is 3. The van der Waals surface area contributed by atoms with Crippen LogP contribution in [0.3, 0.4) is 0 Å². The molecular formula is C22H22FN3O3. The number of rotatable bonds is 4. The topological polar surface area (TPSA) is 69.7 Å². The summed E-state index contributed by atoms with van der Waals surface area (Å²) in [5.41, 5.74) is 1.52. The molecule has 4 rings (SSSR count). The van der Waals surface area contributed by atoms with Crippen molar-refractivity contribution in [2.75, 3.05) is 28.2 Å². The van der Waals surface area contributed by atoms with E-state index in [1.165, 1.54) is 17.0 Å². The van der Waals surface area contributed by atoms with Gasteiger partial charge in [0.1, 0.15) is 5.82 Å². The van der Waals surface area contributed by atoms with Crippen molar-refractivity contribution in [3.05, 3.63) is 54.3 Å². The fourth-order valence-corrected chi connectivity index (χ4v) is 3.86. The van der Waals surface area contributed by atoms with E-state index in [9.17, 15) is 18.8 Å². The first-order valence-electron chi connectivity index (χ1n) is 9.79. The van der Waals surface area contributed by atoms with Crippen LogP contribution in [0.15, 0.2) is 48.5 Å². The van der Waals surface area contributed by atoms with Crippen LogP contribution in [0, 0.1) is 11.7 Å². The monoisotopic (exact) mass is 395 g/mol. The third-order valence-electron chi connectivity index (χ3n) is 5.39. The molecule has 0 radical (unpaired) electrons. The number of hydrogen-bond acceptors (Lipinski definition) is 3. The molecule has 150 valence electrons. The number of hydrogen-bond donors (Lipinski definition) is 1. The van der Waals surface area contributed by atoms with Gasteiger partial charge in [0, 0.05) is 37.3 Å². The lowest BCUT2D eigenvalue weighted by Gasteiger charge is -2.27. The van der Waals surface area contributed by atoms with Crippen LogP contribution in [-0.2, 0) is 14.4 Å². The van der Waals surface area contributed by atoms with Crippen LogP contribution < -0.4 is 15.1 Å². The lowest BCUT2D eigenvalue weighted by Crippen LogP contribution is -2.35. The van der Waals surface area contributed by atoms with Crippen molar-refractivity contribution >= 4 is 34.8 Å². The predicted molar refractivity (Wildman–Crippen MR) is 108 cm³/mol. The Morgan fingerprint density at radius 2 is 1.83 bits per heavy atom. The fourth-order valence-electron chi connectivity index (χ4n) is 3.86. The average Bonchev–Trinajstić information content (AvgIpc) is 3.10. The first kappa shape index (κ1) is 19.1. The lowest BCUT2D eigenvalue weighted by atomic mass is 10.1. The Balaban J connectivity index is 1.45.